The van der Waals surface area contributed by atoms with Crippen molar-refractivity contribution in [1.82, 2.24) is 19.2 Å². The molecule has 0 saturated carbocycles. The highest BCUT2D eigenvalue weighted by molar-refractivity contribution is 7.89. The number of hydrogen-bond donors (Lipinski definition) is 2. The fourth-order valence-electron chi connectivity index (χ4n) is 4.75. The van der Waals surface area contributed by atoms with Crippen LogP contribution in [0.15, 0.2) is 41.4 Å². The van der Waals surface area contributed by atoms with Crippen molar-refractivity contribution >= 4 is 32.7 Å². The van der Waals surface area contributed by atoms with Crippen LogP contribution < -0.4 is 4.90 Å². The lowest BCUT2D eigenvalue weighted by Crippen LogP contribution is -2.46. The van der Waals surface area contributed by atoms with Crippen molar-refractivity contribution in [2.24, 2.45) is 0 Å². The van der Waals surface area contributed by atoms with Crippen molar-refractivity contribution in [2.75, 3.05) is 57.9 Å². The molecule has 36 heavy (non-hydrogen) atoms. The number of benzene rings is 1. The van der Waals surface area contributed by atoms with Gasteiger partial charge < -0.3 is 24.6 Å². The van der Waals surface area contributed by atoms with E-state index in [9.17, 15) is 18.3 Å². The Balaban J connectivity index is 1.50. The number of ether oxygens (including phenoxy) is 1. The van der Waals surface area contributed by atoms with Crippen molar-refractivity contribution in [3.05, 3.63) is 42.1 Å². The molecule has 0 unspecified atom stereocenters. The molecular formula is C25H31N5O5S. The summed E-state index contributed by atoms with van der Waals surface area (Å²) < 4.78 is 33.4. The molecule has 11 heteroatoms. The number of β-amino-alcohol motifs (C(OH)–C–C–N with tert-alkyl or cyclic N) is 1. The van der Waals surface area contributed by atoms with Gasteiger partial charge in [0.25, 0.3) is 0 Å². The second-order valence-electron chi connectivity index (χ2n) is 9.45. The molecule has 0 spiro atoms. The molecule has 5 rings (SSSR count). The molecule has 0 bridgehead atoms. The average Bonchev–Trinajstić information content (AvgIpc) is 3.49. The van der Waals surface area contributed by atoms with E-state index in [-0.39, 0.29) is 17.3 Å². The van der Waals surface area contributed by atoms with Crippen LogP contribution in [0.1, 0.15) is 12.0 Å². The van der Waals surface area contributed by atoms with Crippen LogP contribution in [0.5, 0.6) is 0 Å². The number of carbonyl (C=O) groups is 1. The van der Waals surface area contributed by atoms with Crippen molar-refractivity contribution in [3.63, 3.8) is 0 Å². The summed E-state index contributed by atoms with van der Waals surface area (Å²) in [7, 11) is -2.51. The van der Waals surface area contributed by atoms with Crippen molar-refractivity contribution in [3.8, 4) is 11.3 Å². The standard InChI is InChI=1S/C25H31N5O5S/c1-17-11-23-22(26-14-17)13-21(27-23)20-12-19(3-4-24(20)30-6-5-18(31)15-30)36(33,34)28(2)16-25(32)29-7-9-35-10-8-29/h3-4,11-14,18,27,31H,5-10,15-16H2,1-2H3/t18-/m0/s1. The number of aryl methyl sites for hydroxylation is 1. The number of sulfonamides is 1. The number of nitrogens with zero attached hydrogens (tertiary/aromatic N) is 4. The molecule has 1 atom stereocenters. The lowest BCUT2D eigenvalue weighted by molar-refractivity contribution is -0.135. The van der Waals surface area contributed by atoms with Crippen molar-refractivity contribution < 1.29 is 23.1 Å². The second-order valence-corrected chi connectivity index (χ2v) is 11.5. The number of nitrogens with one attached hydrogen (secondary N) is 1. The molecule has 1 amide bonds. The van der Waals surface area contributed by atoms with Crippen LogP contribution in [0.4, 0.5) is 5.69 Å². The van der Waals surface area contributed by atoms with Gasteiger partial charge in [-0.2, -0.15) is 4.31 Å². The summed E-state index contributed by atoms with van der Waals surface area (Å²) in [6, 6.07) is 8.89. The summed E-state index contributed by atoms with van der Waals surface area (Å²) in [4.78, 5) is 24.3. The lowest BCUT2D eigenvalue weighted by atomic mass is 10.1. The number of likely N-dealkylation sites (N-methyl/N-ethyl adjacent to an activating group) is 1. The lowest BCUT2D eigenvalue weighted by Gasteiger charge is -2.28. The molecule has 2 aliphatic rings. The van der Waals surface area contributed by atoms with Gasteiger partial charge in [-0.15, -0.1) is 0 Å². The predicted molar refractivity (Wildman–Crippen MR) is 136 cm³/mol. The van der Waals surface area contributed by atoms with E-state index in [1.807, 2.05) is 19.1 Å². The number of aliphatic hydroxyl groups is 1. The fraction of sp³-hybridized carbons (Fsp3) is 0.440. The number of H-pyrrole nitrogens is 1. The van der Waals surface area contributed by atoms with Gasteiger partial charge in [-0.25, -0.2) is 8.42 Å². The first kappa shape index (κ1) is 24.7. The minimum absolute atomic E-state index is 0.0982. The Kier molecular flexibility index (Phi) is 6.73. The maximum atomic E-state index is 13.5. The van der Waals surface area contributed by atoms with Gasteiger partial charge in [0.1, 0.15) is 0 Å². The minimum atomic E-state index is -3.93. The van der Waals surface area contributed by atoms with E-state index < -0.39 is 16.1 Å². The molecule has 192 valence electrons. The number of aromatic amines is 1. The minimum Gasteiger partial charge on any atom is -0.391 e. The Morgan fingerprint density at radius 3 is 2.72 bits per heavy atom. The molecule has 3 aromatic rings. The van der Waals surface area contributed by atoms with E-state index in [1.165, 1.54) is 7.05 Å². The van der Waals surface area contributed by atoms with Crippen LogP contribution in [0.3, 0.4) is 0 Å². The van der Waals surface area contributed by atoms with Gasteiger partial charge in [-0.05, 0) is 49.2 Å². The zero-order chi connectivity index (χ0) is 25.4. The normalized spacial score (nSPS) is 18.9. The van der Waals surface area contributed by atoms with Crippen molar-refractivity contribution in [2.45, 2.75) is 24.3 Å². The molecule has 10 nitrogen and oxygen atoms in total. The molecule has 0 aliphatic carbocycles. The van der Waals surface area contributed by atoms with Gasteiger partial charge in [0.15, 0.2) is 0 Å². The van der Waals surface area contributed by atoms with Gasteiger partial charge in [-0.1, -0.05) is 0 Å². The van der Waals surface area contributed by atoms with E-state index in [4.69, 9.17) is 4.74 Å². The number of fused-ring (bicyclic) bond motifs is 1. The number of anilines is 1. The monoisotopic (exact) mass is 513 g/mol. The summed E-state index contributed by atoms with van der Waals surface area (Å²) in [6.07, 6.45) is 2.02. The van der Waals surface area contributed by atoms with E-state index in [2.05, 4.69) is 14.9 Å². The summed E-state index contributed by atoms with van der Waals surface area (Å²) in [6.45, 7) is 4.70. The Labute approximate surface area is 210 Å². The van der Waals surface area contributed by atoms with Crippen LogP contribution in [-0.4, -0.2) is 97.7 Å². The van der Waals surface area contributed by atoms with Crippen LogP contribution >= 0.6 is 0 Å². The predicted octanol–water partition coefficient (Wildman–Crippen LogP) is 1.59. The second kappa shape index (κ2) is 9.81. The highest BCUT2D eigenvalue weighted by Crippen LogP contribution is 2.36. The zero-order valence-corrected chi connectivity index (χ0v) is 21.3. The number of amides is 1. The third kappa shape index (κ3) is 4.83. The molecule has 1 aromatic carbocycles. The van der Waals surface area contributed by atoms with E-state index in [0.29, 0.717) is 51.4 Å². The molecular weight excluding hydrogens is 482 g/mol. The zero-order valence-electron chi connectivity index (χ0n) is 20.5. The molecule has 2 saturated heterocycles. The van der Waals surface area contributed by atoms with Crippen LogP contribution in [-0.2, 0) is 19.6 Å². The Hall–Kier alpha value is -2.99. The van der Waals surface area contributed by atoms with E-state index >= 15 is 0 Å². The molecule has 2 fully saturated rings. The quantitative estimate of drug-likeness (QED) is 0.514. The molecule has 2 N–H and O–H groups in total. The van der Waals surface area contributed by atoms with Gasteiger partial charge in [0.2, 0.25) is 15.9 Å². The number of pyridine rings is 1. The summed E-state index contributed by atoms with van der Waals surface area (Å²) >= 11 is 0. The third-order valence-corrected chi connectivity index (χ3v) is 8.60. The van der Waals surface area contributed by atoms with Gasteiger partial charge in [0, 0.05) is 50.7 Å². The molecule has 2 aromatic heterocycles. The maximum absolute atomic E-state index is 13.5. The average molecular weight is 514 g/mol. The largest absolute Gasteiger partial charge is 0.391 e. The van der Waals surface area contributed by atoms with Gasteiger partial charge >= 0.3 is 0 Å². The molecule has 4 heterocycles. The van der Waals surface area contributed by atoms with E-state index in [1.54, 1.807) is 29.3 Å². The Morgan fingerprint density at radius 2 is 2.00 bits per heavy atom. The Morgan fingerprint density at radius 1 is 1.22 bits per heavy atom. The van der Waals surface area contributed by atoms with Gasteiger partial charge in [0.05, 0.1) is 47.5 Å². The van der Waals surface area contributed by atoms with Crippen molar-refractivity contribution in [1.29, 1.82) is 0 Å². The Bertz CT molecular complexity index is 1380. The number of rotatable bonds is 6. The first-order valence-electron chi connectivity index (χ1n) is 12.1. The number of aliphatic hydroxyl groups excluding tert-OH is 1. The molecule has 2 aliphatic heterocycles. The summed E-state index contributed by atoms with van der Waals surface area (Å²) in [5, 5.41) is 10.1. The van der Waals surface area contributed by atoms with E-state index in [0.717, 1.165) is 32.3 Å². The fourth-order valence-corrected chi connectivity index (χ4v) is 5.90. The number of morpholine rings is 1. The number of aromatic nitrogens is 2. The maximum Gasteiger partial charge on any atom is 0.243 e. The molecule has 0 radical (unpaired) electrons. The highest BCUT2D eigenvalue weighted by atomic mass is 32.2. The summed E-state index contributed by atoms with van der Waals surface area (Å²) in [5.74, 6) is -0.246. The smallest absolute Gasteiger partial charge is 0.243 e. The topological polar surface area (TPSA) is 119 Å². The van der Waals surface area contributed by atoms with Crippen LogP contribution in [0, 0.1) is 6.92 Å². The SMILES string of the molecule is Cc1cnc2cc(-c3cc(S(=O)(=O)N(C)CC(=O)N4CCOCC4)ccc3N3CC[C@H](O)C3)[nH]c2c1. The first-order chi connectivity index (χ1) is 17.2. The summed E-state index contributed by atoms with van der Waals surface area (Å²) in [5.41, 5.74) is 4.93. The first-order valence-corrected chi connectivity index (χ1v) is 13.5. The third-order valence-electron chi connectivity index (χ3n) is 6.80. The van der Waals surface area contributed by atoms with Crippen LogP contribution in [0.25, 0.3) is 22.3 Å². The number of carbonyl (C=O) groups excluding carboxylic acids is 1. The van der Waals surface area contributed by atoms with Crippen LogP contribution in [0.2, 0.25) is 0 Å². The number of hydrogen-bond acceptors (Lipinski definition) is 7. The highest BCUT2D eigenvalue weighted by Gasteiger charge is 2.29. The van der Waals surface area contributed by atoms with Gasteiger partial charge in [-0.3, -0.25) is 9.78 Å².